The third kappa shape index (κ3) is 5.16. The van der Waals surface area contributed by atoms with Crippen LogP contribution in [0.1, 0.15) is 37.0 Å². The van der Waals surface area contributed by atoms with Gasteiger partial charge in [-0.1, -0.05) is 25.0 Å². The second-order valence-corrected chi connectivity index (χ2v) is 8.27. The molecule has 0 fully saturated rings. The lowest BCUT2D eigenvalue weighted by atomic mass is 10.1. The molecule has 1 aromatic carbocycles. The number of azide groups is 1. The van der Waals surface area contributed by atoms with E-state index in [1.165, 1.54) is 4.57 Å². The number of hydrogen-bond acceptors (Lipinski definition) is 6. The summed E-state index contributed by atoms with van der Waals surface area (Å²) in [5.74, 6) is -2.66. The molecule has 2 aromatic heterocycles. The van der Waals surface area contributed by atoms with Crippen LogP contribution in [-0.4, -0.2) is 23.0 Å². The Bertz CT molecular complexity index is 1220. The van der Waals surface area contributed by atoms with E-state index in [2.05, 4.69) is 20.0 Å². The second-order valence-electron chi connectivity index (χ2n) is 6.81. The molecule has 0 aliphatic carbocycles. The summed E-state index contributed by atoms with van der Waals surface area (Å²) in [7, 11) is -4.57. The molecular weight excluding hydrogens is 430 g/mol. The first-order chi connectivity index (χ1) is 14.7. The van der Waals surface area contributed by atoms with Gasteiger partial charge in [0.1, 0.15) is 23.2 Å². The fourth-order valence-corrected chi connectivity index (χ4v) is 4.32. The molecule has 0 saturated heterocycles. The van der Waals surface area contributed by atoms with Gasteiger partial charge in [0.2, 0.25) is 0 Å². The highest BCUT2D eigenvalue weighted by molar-refractivity contribution is 7.87. The SMILES string of the molecule is CC(C)c1nc(CN=[N+]=[N-])n(Cc2ccccn2)c1S(=O)(=O)Oc1cc(F)cc(F)c1. The van der Waals surface area contributed by atoms with E-state index < -0.39 is 27.5 Å². The minimum Gasteiger partial charge on any atom is -0.378 e. The maximum absolute atomic E-state index is 13.5. The number of aromatic nitrogens is 3. The summed E-state index contributed by atoms with van der Waals surface area (Å²) in [6.07, 6.45) is 1.54. The Morgan fingerprint density at radius 2 is 1.94 bits per heavy atom. The minimum atomic E-state index is -4.57. The van der Waals surface area contributed by atoms with Crippen molar-refractivity contribution in [1.29, 1.82) is 0 Å². The molecule has 3 aromatic rings. The fraction of sp³-hybridized carbons (Fsp3) is 0.263. The summed E-state index contributed by atoms with van der Waals surface area (Å²) in [5.41, 5.74) is 9.38. The molecule has 0 unspecified atom stereocenters. The number of benzene rings is 1. The first-order valence-electron chi connectivity index (χ1n) is 9.12. The Balaban J connectivity index is 2.17. The smallest absolute Gasteiger partial charge is 0.357 e. The summed E-state index contributed by atoms with van der Waals surface area (Å²) in [4.78, 5) is 11.2. The molecule has 0 radical (unpaired) electrons. The number of imidazole rings is 1. The highest BCUT2D eigenvalue weighted by atomic mass is 32.2. The lowest BCUT2D eigenvalue weighted by Crippen LogP contribution is -2.19. The molecule has 0 bridgehead atoms. The van der Waals surface area contributed by atoms with E-state index in [9.17, 15) is 17.2 Å². The van der Waals surface area contributed by atoms with Gasteiger partial charge in [-0.15, -0.1) is 0 Å². The van der Waals surface area contributed by atoms with Crippen LogP contribution in [0.5, 0.6) is 5.75 Å². The topological polar surface area (TPSA) is 123 Å². The number of rotatable bonds is 8. The maximum atomic E-state index is 13.5. The van der Waals surface area contributed by atoms with Crippen molar-refractivity contribution in [2.24, 2.45) is 5.11 Å². The Morgan fingerprint density at radius 3 is 2.52 bits per heavy atom. The first-order valence-corrected chi connectivity index (χ1v) is 10.5. The van der Waals surface area contributed by atoms with Gasteiger partial charge >= 0.3 is 10.1 Å². The van der Waals surface area contributed by atoms with Gasteiger partial charge in [0, 0.05) is 29.3 Å². The van der Waals surface area contributed by atoms with Crippen LogP contribution in [0.4, 0.5) is 8.78 Å². The predicted molar refractivity (Wildman–Crippen MR) is 107 cm³/mol. The van der Waals surface area contributed by atoms with E-state index in [1.807, 2.05) is 0 Å². The molecule has 9 nitrogen and oxygen atoms in total. The van der Waals surface area contributed by atoms with Crippen LogP contribution in [-0.2, 0) is 23.2 Å². The van der Waals surface area contributed by atoms with Crippen LogP contribution in [0, 0.1) is 11.6 Å². The van der Waals surface area contributed by atoms with Crippen molar-refractivity contribution < 1.29 is 21.4 Å². The molecule has 0 N–H and O–H groups in total. The molecule has 162 valence electrons. The van der Waals surface area contributed by atoms with Crippen molar-refractivity contribution in [3.05, 3.63) is 81.9 Å². The predicted octanol–water partition coefficient (Wildman–Crippen LogP) is 4.31. The summed E-state index contributed by atoms with van der Waals surface area (Å²) in [5, 5.41) is 3.18. The van der Waals surface area contributed by atoms with Gasteiger partial charge in [-0.05, 0) is 23.6 Å². The molecule has 0 atom stereocenters. The lowest BCUT2D eigenvalue weighted by Gasteiger charge is -2.14. The van der Waals surface area contributed by atoms with E-state index in [-0.39, 0.29) is 35.6 Å². The zero-order valence-corrected chi connectivity index (χ0v) is 17.4. The molecule has 0 spiro atoms. The molecule has 12 heteroatoms. The normalized spacial score (nSPS) is 11.4. The minimum absolute atomic E-state index is 0.00766. The first kappa shape index (κ1) is 22.2. The quantitative estimate of drug-likeness (QED) is 0.220. The lowest BCUT2D eigenvalue weighted by molar-refractivity contribution is 0.465. The Morgan fingerprint density at radius 1 is 1.23 bits per heavy atom. The van der Waals surface area contributed by atoms with Crippen molar-refractivity contribution in [2.75, 3.05) is 0 Å². The zero-order valence-electron chi connectivity index (χ0n) is 16.6. The van der Waals surface area contributed by atoms with E-state index >= 15 is 0 Å². The summed E-state index contributed by atoms with van der Waals surface area (Å²) >= 11 is 0. The monoisotopic (exact) mass is 448 g/mol. The second kappa shape index (κ2) is 9.11. The van der Waals surface area contributed by atoms with Gasteiger partial charge < -0.3 is 8.75 Å². The van der Waals surface area contributed by atoms with Crippen LogP contribution in [0.25, 0.3) is 10.4 Å². The summed E-state index contributed by atoms with van der Waals surface area (Å²) in [6, 6.07) is 7.24. The van der Waals surface area contributed by atoms with Gasteiger partial charge in [-0.2, -0.15) is 8.42 Å². The van der Waals surface area contributed by atoms with Crippen LogP contribution >= 0.6 is 0 Å². The van der Waals surface area contributed by atoms with Gasteiger partial charge in [-0.3, -0.25) is 4.98 Å². The largest absolute Gasteiger partial charge is 0.378 e. The Kier molecular flexibility index (Phi) is 6.52. The van der Waals surface area contributed by atoms with Crippen LogP contribution in [0.2, 0.25) is 0 Å². The third-order valence-electron chi connectivity index (χ3n) is 4.17. The fourth-order valence-electron chi connectivity index (χ4n) is 2.92. The summed E-state index contributed by atoms with van der Waals surface area (Å²) < 4.78 is 59.8. The molecular formula is C19H18F2N6O3S. The van der Waals surface area contributed by atoms with Gasteiger partial charge in [0.05, 0.1) is 24.5 Å². The molecule has 0 saturated carbocycles. The molecule has 3 rings (SSSR count). The van der Waals surface area contributed by atoms with E-state index in [4.69, 9.17) is 9.71 Å². The third-order valence-corrected chi connectivity index (χ3v) is 5.49. The van der Waals surface area contributed by atoms with E-state index in [1.54, 1.807) is 38.2 Å². The number of halogens is 2. The highest BCUT2D eigenvalue weighted by Crippen LogP contribution is 2.29. The highest BCUT2D eigenvalue weighted by Gasteiger charge is 2.31. The molecule has 0 aliphatic rings. The van der Waals surface area contributed by atoms with Gasteiger partial charge in [0.15, 0.2) is 5.03 Å². The van der Waals surface area contributed by atoms with Crippen molar-refractivity contribution >= 4 is 10.1 Å². The van der Waals surface area contributed by atoms with Crippen molar-refractivity contribution in [1.82, 2.24) is 14.5 Å². The molecule has 31 heavy (non-hydrogen) atoms. The number of hydrogen-bond donors (Lipinski definition) is 0. The van der Waals surface area contributed by atoms with Gasteiger partial charge in [-0.25, -0.2) is 13.8 Å². The van der Waals surface area contributed by atoms with Crippen molar-refractivity contribution in [2.45, 2.75) is 37.9 Å². The summed E-state index contributed by atoms with van der Waals surface area (Å²) in [6.45, 7) is 3.23. The average molecular weight is 448 g/mol. The molecule has 0 amide bonds. The molecule has 2 heterocycles. The number of nitrogens with zero attached hydrogens (tertiary/aromatic N) is 6. The van der Waals surface area contributed by atoms with E-state index in [0.717, 1.165) is 12.1 Å². The van der Waals surface area contributed by atoms with Crippen LogP contribution in [0.3, 0.4) is 0 Å². The van der Waals surface area contributed by atoms with Crippen LogP contribution in [0.15, 0.2) is 52.7 Å². The average Bonchev–Trinajstić information content (AvgIpc) is 3.05. The Hall–Kier alpha value is -3.50. The van der Waals surface area contributed by atoms with Crippen LogP contribution < -0.4 is 4.18 Å². The van der Waals surface area contributed by atoms with Crippen molar-refractivity contribution in [3.63, 3.8) is 0 Å². The van der Waals surface area contributed by atoms with Crippen molar-refractivity contribution in [3.8, 4) is 5.75 Å². The van der Waals surface area contributed by atoms with Gasteiger partial charge in [0.25, 0.3) is 0 Å². The zero-order chi connectivity index (χ0) is 22.6. The standard InChI is InChI=1S/C19H18F2N6O3S/c1-12(2)18-19(31(28,29)30-16-8-13(20)7-14(21)9-16)27(17(25-18)10-24-26-22)11-15-5-3-4-6-23-15/h3-9,12H,10-11H2,1-2H3. The Labute approximate surface area is 177 Å². The molecule has 0 aliphatic heterocycles. The maximum Gasteiger partial charge on any atom is 0.357 e. The van der Waals surface area contributed by atoms with E-state index in [0.29, 0.717) is 11.8 Å². The number of pyridine rings is 1.